The molecule has 3 nitrogen and oxygen atoms in total. The van der Waals surface area contributed by atoms with E-state index in [1.807, 2.05) is 26.0 Å². The van der Waals surface area contributed by atoms with Crippen LogP contribution in [0.3, 0.4) is 0 Å². The molecule has 0 aliphatic heterocycles. The number of methoxy groups -OCH3 is 1. The summed E-state index contributed by atoms with van der Waals surface area (Å²) in [7, 11) is 1.41. The molecule has 0 radical (unpaired) electrons. The third-order valence-electron chi connectivity index (χ3n) is 2.92. The van der Waals surface area contributed by atoms with Crippen LogP contribution in [0.5, 0.6) is 0 Å². The average Bonchev–Trinajstić information content (AvgIpc) is 2.30. The van der Waals surface area contributed by atoms with Gasteiger partial charge in [0.05, 0.1) is 7.11 Å². The Balaban J connectivity index is 2.48. The minimum Gasteiger partial charge on any atom is -0.468 e. The van der Waals surface area contributed by atoms with Gasteiger partial charge in [-0.3, -0.25) is 4.79 Å². The fourth-order valence-corrected chi connectivity index (χ4v) is 1.73. The molecule has 0 unspecified atom stereocenters. The largest absolute Gasteiger partial charge is 0.468 e. The van der Waals surface area contributed by atoms with Crippen LogP contribution in [0.25, 0.3) is 0 Å². The molecule has 0 aliphatic carbocycles. The molecule has 0 atom stereocenters. The van der Waals surface area contributed by atoms with Crippen LogP contribution in [0.4, 0.5) is 0 Å². The van der Waals surface area contributed by atoms with Crippen LogP contribution in [-0.2, 0) is 16.0 Å². The predicted molar refractivity (Wildman–Crippen MR) is 69.0 cm³/mol. The maximum atomic E-state index is 11.5. The van der Waals surface area contributed by atoms with E-state index in [4.69, 9.17) is 4.74 Å². The number of esters is 1. The summed E-state index contributed by atoms with van der Waals surface area (Å²) in [6, 6.07) is 8.28. The van der Waals surface area contributed by atoms with E-state index in [1.165, 1.54) is 18.2 Å². The van der Waals surface area contributed by atoms with E-state index in [1.54, 1.807) is 0 Å². The number of carbonyl (C=O) groups excluding carboxylic acids is 1. The molecule has 0 saturated carbocycles. The van der Waals surface area contributed by atoms with Crippen LogP contribution in [0.2, 0.25) is 0 Å². The van der Waals surface area contributed by atoms with Crippen LogP contribution in [0.1, 0.15) is 25.0 Å². The highest BCUT2D eigenvalue weighted by molar-refractivity contribution is 5.79. The molecule has 0 amide bonds. The lowest BCUT2D eigenvalue weighted by Gasteiger charge is -2.23. The van der Waals surface area contributed by atoms with Crippen LogP contribution in [-0.4, -0.2) is 25.2 Å². The van der Waals surface area contributed by atoms with Gasteiger partial charge in [-0.15, -0.1) is 0 Å². The minimum atomic E-state index is -0.628. The fourth-order valence-electron chi connectivity index (χ4n) is 1.73. The Morgan fingerprint density at radius 2 is 2.00 bits per heavy atom. The number of hydrogen-bond acceptors (Lipinski definition) is 3. The number of benzene rings is 1. The van der Waals surface area contributed by atoms with E-state index >= 15 is 0 Å². The summed E-state index contributed by atoms with van der Waals surface area (Å²) in [4.78, 5) is 11.5. The average molecular weight is 235 g/mol. The second-order valence-corrected chi connectivity index (χ2v) is 4.72. The van der Waals surface area contributed by atoms with Crippen molar-refractivity contribution in [1.29, 1.82) is 0 Å². The van der Waals surface area contributed by atoms with Crippen LogP contribution in [0, 0.1) is 6.92 Å². The Labute approximate surface area is 103 Å². The third kappa shape index (κ3) is 3.86. The first-order valence-electron chi connectivity index (χ1n) is 5.85. The summed E-state index contributed by atoms with van der Waals surface area (Å²) in [6.45, 7) is 6.51. The molecule has 1 aromatic carbocycles. The van der Waals surface area contributed by atoms with Gasteiger partial charge in [0.2, 0.25) is 0 Å². The summed E-state index contributed by atoms with van der Waals surface area (Å²) in [5.74, 6) is -0.234. The van der Waals surface area contributed by atoms with Gasteiger partial charge in [0.15, 0.2) is 0 Å². The number of nitrogens with one attached hydrogen (secondary N) is 1. The summed E-state index contributed by atoms with van der Waals surface area (Å²) in [5, 5.41) is 3.21. The monoisotopic (exact) mass is 235 g/mol. The smallest absolute Gasteiger partial charge is 0.325 e. The summed E-state index contributed by atoms with van der Waals surface area (Å²) >= 11 is 0. The number of ether oxygens (including phenoxy) is 1. The molecule has 17 heavy (non-hydrogen) atoms. The summed E-state index contributed by atoms with van der Waals surface area (Å²) < 4.78 is 4.74. The molecule has 1 N–H and O–H groups in total. The van der Waals surface area contributed by atoms with Crippen LogP contribution < -0.4 is 5.32 Å². The van der Waals surface area contributed by atoms with Gasteiger partial charge in [-0.2, -0.15) is 0 Å². The van der Waals surface area contributed by atoms with E-state index in [-0.39, 0.29) is 5.97 Å². The molecule has 3 heteroatoms. The summed E-state index contributed by atoms with van der Waals surface area (Å²) in [6.07, 6.45) is 0.910. The van der Waals surface area contributed by atoms with Crippen molar-refractivity contribution >= 4 is 5.97 Å². The van der Waals surface area contributed by atoms with E-state index < -0.39 is 5.54 Å². The Bertz CT molecular complexity index is 386. The summed E-state index contributed by atoms with van der Waals surface area (Å²) in [5.41, 5.74) is 1.96. The lowest BCUT2D eigenvalue weighted by Crippen LogP contribution is -2.48. The Hall–Kier alpha value is -1.35. The van der Waals surface area contributed by atoms with Crippen LogP contribution >= 0.6 is 0 Å². The molecule has 0 bridgehead atoms. The van der Waals surface area contributed by atoms with Crippen LogP contribution in [0.15, 0.2) is 24.3 Å². The Kier molecular flexibility index (Phi) is 4.70. The van der Waals surface area contributed by atoms with Crippen molar-refractivity contribution < 1.29 is 9.53 Å². The van der Waals surface area contributed by atoms with Crippen molar-refractivity contribution in [1.82, 2.24) is 5.32 Å². The lowest BCUT2D eigenvalue weighted by molar-refractivity contribution is -0.147. The molecule has 1 rings (SSSR count). The van der Waals surface area contributed by atoms with Crippen molar-refractivity contribution in [2.75, 3.05) is 13.7 Å². The van der Waals surface area contributed by atoms with Crippen molar-refractivity contribution in [3.63, 3.8) is 0 Å². The Morgan fingerprint density at radius 3 is 2.59 bits per heavy atom. The quantitative estimate of drug-likeness (QED) is 0.794. The van der Waals surface area contributed by atoms with E-state index in [0.29, 0.717) is 0 Å². The van der Waals surface area contributed by atoms with E-state index in [2.05, 4.69) is 24.4 Å². The molecule has 0 fully saturated rings. The maximum Gasteiger partial charge on any atom is 0.325 e. The number of hydrogen-bond donors (Lipinski definition) is 1. The maximum absolute atomic E-state index is 11.5. The Morgan fingerprint density at radius 1 is 1.35 bits per heavy atom. The highest BCUT2D eigenvalue weighted by Gasteiger charge is 2.27. The predicted octanol–water partition coefficient (Wildman–Crippen LogP) is 2.08. The van der Waals surface area contributed by atoms with Gasteiger partial charge in [-0.1, -0.05) is 24.3 Å². The zero-order valence-electron chi connectivity index (χ0n) is 11.0. The van der Waals surface area contributed by atoms with Crippen molar-refractivity contribution in [3.8, 4) is 0 Å². The molecule has 94 valence electrons. The van der Waals surface area contributed by atoms with Crippen molar-refractivity contribution in [2.24, 2.45) is 0 Å². The molecular weight excluding hydrogens is 214 g/mol. The number of aryl methyl sites for hydroxylation is 1. The third-order valence-corrected chi connectivity index (χ3v) is 2.92. The molecule has 1 aromatic rings. The molecule has 0 spiro atoms. The first-order valence-corrected chi connectivity index (χ1v) is 5.85. The second-order valence-electron chi connectivity index (χ2n) is 4.72. The normalized spacial score (nSPS) is 11.3. The molecular formula is C14H21NO2. The standard InChI is InChI=1S/C14H21NO2/c1-11-7-5-6-8-12(11)9-10-15-14(2,3)13(16)17-4/h5-8,15H,9-10H2,1-4H3. The number of carbonyl (C=O) groups is 1. The zero-order chi connectivity index (χ0) is 12.9. The lowest BCUT2D eigenvalue weighted by atomic mass is 10.0. The molecule has 0 saturated heterocycles. The van der Waals surface area contributed by atoms with Gasteiger partial charge >= 0.3 is 5.97 Å². The van der Waals surface area contributed by atoms with Crippen molar-refractivity contribution in [2.45, 2.75) is 32.7 Å². The van der Waals surface area contributed by atoms with Gasteiger partial charge in [0, 0.05) is 6.54 Å². The topological polar surface area (TPSA) is 38.3 Å². The SMILES string of the molecule is COC(=O)C(C)(C)NCCc1ccccc1C. The van der Waals surface area contributed by atoms with Gasteiger partial charge in [-0.25, -0.2) is 0 Å². The minimum absolute atomic E-state index is 0.234. The second kappa shape index (κ2) is 5.82. The first-order chi connectivity index (χ1) is 7.97. The van der Waals surface area contributed by atoms with E-state index in [0.717, 1.165) is 13.0 Å². The van der Waals surface area contributed by atoms with Gasteiger partial charge in [-0.05, 0) is 38.3 Å². The van der Waals surface area contributed by atoms with Crippen molar-refractivity contribution in [3.05, 3.63) is 35.4 Å². The molecule has 0 aromatic heterocycles. The highest BCUT2D eigenvalue weighted by atomic mass is 16.5. The van der Waals surface area contributed by atoms with E-state index in [9.17, 15) is 4.79 Å². The molecule has 0 aliphatic rings. The van der Waals surface area contributed by atoms with Gasteiger partial charge in [0.1, 0.15) is 5.54 Å². The number of rotatable bonds is 5. The zero-order valence-corrected chi connectivity index (χ0v) is 11.0. The van der Waals surface area contributed by atoms with Gasteiger partial charge < -0.3 is 10.1 Å². The fraction of sp³-hybridized carbons (Fsp3) is 0.500. The molecule has 0 heterocycles. The first kappa shape index (κ1) is 13.7. The van der Waals surface area contributed by atoms with Gasteiger partial charge in [0.25, 0.3) is 0 Å². The highest BCUT2D eigenvalue weighted by Crippen LogP contribution is 2.09.